The summed E-state index contributed by atoms with van der Waals surface area (Å²) in [6.07, 6.45) is 8.72. The van der Waals surface area contributed by atoms with Crippen LogP contribution in [0.5, 0.6) is 0 Å². The summed E-state index contributed by atoms with van der Waals surface area (Å²) in [6.45, 7) is 3.51. The average Bonchev–Trinajstić information content (AvgIpc) is 2.67. The number of likely N-dealkylation sites (tertiary alicyclic amines) is 1. The van der Waals surface area contributed by atoms with E-state index in [0.717, 1.165) is 35.4 Å². The van der Waals surface area contributed by atoms with Gasteiger partial charge in [-0.05, 0) is 68.3 Å². The third kappa shape index (κ3) is 3.64. The van der Waals surface area contributed by atoms with Gasteiger partial charge in [-0.15, -0.1) is 0 Å². The normalized spacial score (nSPS) is 21.2. The Kier molecular flexibility index (Phi) is 5.13. The van der Waals surface area contributed by atoms with E-state index in [-0.39, 0.29) is 0 Å². The summed E-state index contributed by atoms with van der Waals surface area (Å²) in [6, 6.07) is 4.82. The van der Waals surface area contributed by atoms with E-state index in [0.29, 0.717) is 0 Å². The molecule has 0 bridgehead atoms. The zero-order valence-electron chi connectivity index (χ0n) is 14.0. The van der Waals surface area contributed by atoms with Crippen LogP contribution in [-0.4, -0.2) is 57.0 Å². The fourth-order valence-electron chi connectivity index (χ4n) is 3.85. The third-order valence-corrected chi connectivity index (χ3v) is 6.37. The Morgan fingerprint density at radius 3 is 2.75 bits per heavy atom. The van der Waals surface area contributed by atoms with Crippen molar-refractivity contribution in [2.75, 3.05) is 36.5 Å². The summed E-state index contributed by atoms with van der Waals surface area (Å²) >= 11 is 2.12. The van der Waals surface area contributed by atoms with Crippen molar-refractivity contribution in [2.24, 2.45) is 5.92 Å². The Hall–Kier alpha value is -1.40. The molecule has 0 spiro atoms. The first-order chi connectivity index (χ1) is 11.9. The lowest BCUT2D eigenvalue weighted by Gasteiger charge is -2.39. The molecule has 4 heterocycles. The molecule has 6 heteroatoms. The van der Waals surface area contributed by atoms with E-state index in [9.17, 15) is 0 Å². The molecule has 0 unspecified atom stereocenters. The van der Waals surface area contributed by atoms with Crippen LogP contribution < -0.4 is 5.32 Å². The van der Waals surface area contributed by atoms with Crippen molar-refractivity contribution in [3.05, 3.63) is 24.7 Å². The van der Waals surface area contributed by atoms with Crippen LogP contribution in [0.25, 0.3) is 11.0 Å². The van der Waals surface area contributed by atoms with Gasteiger partial charge >= 0.3 is 0 Å². The first-order valence-corrected chi connectivity index (χ1v) is 10.2. The molecule has 0 aromatic carbocycles. The molecule has 128 valence electrons. The molecule has 24 heavy (non-hydrogen) atoms. The lowest BCUT2D eigenvalue weighted by Crippen LogP contribution is -2.44. The highest BCUT2D eigenvalue weighted by atomic mass is 32.2. The van der Waals surface area contributed by atoms with E-state index >= 15 is 0 Å². The predicted octanol–water partition coefficient (Wildman–Crippen LogP) is 3.04. The van der Waals surface area contributed by atoms with Crippen LogP contribution in [0.2, 0.25) is 0 Å². The van der Waals surface area contributed by atoms with Gasteiger partial charge in [0.15, 0.2) is 5.65 Å². The molecule has 0 radical (unpaired) electrons. The van der Waals surface area contributed by atoms with Gasteiger partial charge in [0.25, 0.3) is 0 Å². The van der Waals surface area contributed by atoms with E-state index in [1.54, 1.807) is 12.5 Å². The number of hydrogen-bond acceptors (Lipinski definition) is 6. The minimum atomic E-state index is 0.737. The molecule has 5 nitrogen and oxygen atoms in total. The zero-order valence-corrected chi connectivity index (χ0v) is 14.8. The van der Waals surface area contributed by atoms with E-state index in [2.05, 4.69) is 36.9 Å². The fraction of sp³-hybridized carbons (Fsp3) is 0.611. The highest BCUT2D eigenvalue weighted by Crippen LogP contribution is 2.27. The Bertz CT molecular complexity index is 660. The molecule has 0 saturated carbocycles. The maximum Gasteiger partial charge on any atom is 0.164 e. The molecular formula is C18H25N5S. The number of hydrogen-bond donors (Lipinski definition) is 1. The number of rotatable bonds is 4. The maximum absolute atomic E-state index is 4.40. The molecule has 2 saturated heterocycles. The molecule has 2 aliphatic heterocycles. The number of fused-ring (bicyclic) bond motifs is 1. The predicted molar refractivity (Wildman–Crippen MR) is 100 cm³/mol. The smallest absolute Gasteiger partial charge is 0.164 e. The quantitative estimate of drug-likeness (QED) is 0.921. The second kappa shape index (κ2) is 7.66. The highest BCUT2D eigenvalue weighted by Gasteiger charge is 2.26. The van der Waals surface area contributed by atoms with Crippen molar-refractivity contribution >= 4 is 28.6 Å². The van der Waals surface area contributed by atoms with Gasteiger partial charge in [-0.3, -0.25) is 0 Å². The molecule has 4 rings (SSSR count). The van der Waals surface area contributed by atoms with Gasteiger partial charge in [-0.1, -0.05) is 0 Å². The molecule has 0 aliphatic carbocycles. The standard InChI is InChI=1S/C18H25N5S/c1-2-16-17(19-7-1)21-13-22-18(16)20-12-14-3-8-23(9-4-14)15-5-10-24-11-6-15/h1-2,7,13-15H,3-6,8-12H2,(H,19,20,21,22). The molecule has 2 aliphatic rings. The second-order valence-corrected chi connectivity index (χ2v) is 8.03. The molecule has 0 amide bonds. The topological polar surface area (TPSA) is 53.9 Å². The second-order valence-electron chi connectivity index (χ2n) is 6.80. The lowest BCUT2D eigenvalue weighted by atomic mass is 9.94. The van der Waals surface area contributed by atoms with Crippen LogP contribution in [0.15, 0.2) is 24.7 Å². The van der Waals surface area contributed by atoms with Crippen molar-refractivity contribution < 1.29 is 0 Å². The number of nitrogens with one attached hydrogen (secondary N) is 1. The van der Waals surface area contributed by atoms with Crippen molar-refractivity contribution in [1.29, 1.82) is 0 Å². The summed E-state index contributed by atoms with van der Waals surface area (Å²) in [7, 11) is 0. The highest BCUT2D eigenvalue weighted by molar-refractivity contribution is 7.99. The van der Waals surface area contributed by atoms with Gasteiger partial charge in [0.2, 0.25) is 0 Å². The monoisotopic (exact) mass is 343 g/mol. The molecule has 2 aromatic rings. The van der Waals surface area contributed by atoms with E-state index in [4.69, 9.17) is 0 Å². The average molecular weight is 344 g/mol. The molecule has 2 fully saturated rings. The SMILES string of the molecule is c1cnc2ncnc(NCC3CCN(C4CCSCC4)CC3)c2c1. The first kappa shape index (κ1) is 16.1. The van der Waals surface area contributed by atoms with Crippen LogP contribution >= 0.6 is 11.8 Å². The van der Waals surface area contributed by atoms with Crippen LogP contribution in [-0.2, 0) is 0 Å². The van der Waals surface area contributed by atoms with Crippen LogP contribution in [0.4, 0.5) is 5.82 Å². The van der Waals surface area contributed by atoms with Crippen molar-refractivity contribution in [3.63, 3.8) is 0 Å². The van der Waals surface area contributed by atoms with Gasteiger partial charge in [0, 0.05) is 18.8 Å². The van der Waals surface area contributed by atoms with Crippen molar-refractivity contribution in [1.82, 2.24) is 19.9 Å². The lowest BCUT2D eigenvalue weighted by molar-refractivity contribution is 0.129. The van der Waals surface area contributed by atoms with E-state index in [1.165, 1.54) is 50.3 Å². The van der Waals surface area contributed by atoms with Gasteiger partial charge in [-0.25, -0.2) is 15.0 Å². The first-order valence-electron chi connectivity index (χ1n) is 9.01. The summed E-state index contributed by atoms with van der Waals surface area (Å²) in [5, 5.41) is 4.55. The van der Waals surface area contributed by atoms with E-state index in [1.807, 2.05) is 12.1 Å². The largest absolute Gasteiger partial charge is 0.369 e. The van der Waals surface area contributed by atoms with Gasteiger partial charge in [-0.2, -0.15) is 11.8 Å². The van der Waals surface area contributed by atoms with Crippen LogP contribution in [0, 0.1) is 5.92 Å². The number of anilines is 1. The molecule has 2 aromatic heterocycles. The number of pyridine rings is 1. The van der Waals surface area contributed by atoms with Crippen LogP contribution in [0.1, 0.15) is 25.7 Å². The van der Waals surface area contributed by atoms with Crippen molar-refractivity contribution in [3.8, 4) is 0 Å². The zero-order chi connectivity index (χ0) is 16.2. The molecular weight excluding hydrogens is 318 g/mol. The Morgan fingerprint density at radius 1 is 1.08 bits per heavy atom. The number of thioether (sulfide) groups is 1. The minimum absolute atomic E-state index is 0.737. The number of piperidine rings is 1. The minimum Gasteiger partial charge on any atom is -0.369 e. The summed E-state index contributed by atoms with van der Waals surface area (Å²) in [5.41, 5.74) is 0.764. The fourth-order valence-corrected chi connectivity index (χ4v) is 4.93. The van der Waals surface area contributed by atoms with Crippen molar-refractivity contribution in [2.45, 2.75) is 31.7 Å². The Balaban J connectivity index is 1.31. The summed E-state index contributed by atoms with van der Waals surface area (Å²) < 4.78 is 0. The summed E-state index contributed by atoms with van der Waals surface area (Å²) in [5.74, 6) is 4.35. The van der Waals surface area contributed by atoms with E-state index < -0.39 is 0 Å². The summed E-state index contributed by atoms with van der Waals surface area (Å²) in [4.78, 5) is 15.7. The van der Waals surface area contributed by atoms with Gasteiger partial charge in [0.1, 0.15) is 12.1 Å². The molecule has 0 atom stereocenters. The van der Waals surface area contributed by atoms with Gasteiger partial charge in [0.05, 0.1) is 5.39 Å². The Labute approximate surface area is 147 Å². The van der Waals surface area contributed by atoms with Crippen LogP contribution in [0.3, 0.4) is 0 Å². The Morgan fingerprint density at radius 2 is 1.92 bits per heavy atom. The maximum atomic E-state index is 4.40. The number of nitrogens with zero attached hydrogens (tertiary/aromatic N) is 4. The number of aromatic nitrogens is 3. The third-order valence-electron chi connectivity index (χ3n) is 5.32. The molecule has 1 N–H and O–H groups in total. The van der Waals surface area contributed by atoms with Gasteiger partial charge < -0.3 is 10.2 Å².